The normalized spacial score (nSPS) is 10.9. The molecule has 7 heteroatoms. The number of aromatic nitrogens is 3. The molecule has 1 N–H and O–H groups in total. The van der Waals surface area contributed by atoms with Crippen molar-refractivity contribution in [3.63, 3.8) is 0 Å². The molecule has 0 aliphatic rings. The van der Waals surface area contributed by atoms with Crippen molar-refractivity contribution in [2.75, 3.05) is 13.2 Å². The third kappa shape index (κ3) is 4.00. The third-order valence-electron chi connectivity index (χ3n) is 4.79. The molecule has 0 aliphatic carbocycles. The quantitative estimate of drug-likeness (QED) is 0.472. The third-order valence-corrected chi connectivity index (χ3v) is 4.79. The van der Waals surface area contributed by atoms with E-state index in [1.165, 1.54) is 16.9 Å². The lowest BCUT2D eigenvalue weighted by molar-refractivity contribution is 0.0951. The van der Waals surface area contributed by atoms with E-state index in [4.69, 9.17) is 4.74 Å². The van der Waals surface area contributed by atoms with Gasteiger partial charge in [-0.15, -0.1) is 0 Å². The predicted octanol–water partition coefficient (Wildman–Crippen LogP) is 4.07. The average Bonchev–Trinajstić information content (AvgIpc) is 3.15. The van der Waals surface area contributed by atoms with E-state index >= 15 is 0 Å². The summed E-state index contributed by atoms with van der Waals surface area (Å²) in [6, 6.07) is 16.0. The Labute approximate surface area is 173 Å². The highest BCUT2D eigenvalue weighted by molar-refractivity contribution is 5.95. The molecule has 2 aromatic carbocycles. The molecule has 0 saturated carbocycles. The molecule has 0 radical (unpaired) electrons. The van der Waals surface area contributed by atoms with Crippen LogP contribution in [0.25, 0.3) is 16.6 Å². The van der Waals surface area contributed by atoms with Crippen molar-refractivity contribution in [3.8, 4) is 11.4 Å². The molecule has 0 atom stereocenters. The number of pyridine rings is 1. The molecular formula is C23H21FN4O2. The number of carbonyl (C=O) groups is 1. The van der Waals surface area contributed by atoms with Crippen LogP contribution < -0.4 is 10.1 Å². The van der Waals surface area contributed by atoms with E-state index in [1.807, 2.05) is 30.3 Å². The van der Waals surface area contributed by atoms with Crippen LogP contribution in [-0.2, 0) is 0 Å². The molecule has 0 saturated heterocycles. The molecule has 152 valence electrons. The van der Waals surface area contributed by atoms with Gasteiger partial charge in [0.2, 0.25) is 0 Å². The van der Waals surface area contributed by atoms with E-state index in [2.05, 4.69) is 15.4 Å². The van der Waals surface area contributed by atoms with Crippen LogP contribution in [-0.4, -0.2) is 33.8 Å². The van der Waals surface area contributed by atoms with Gasteiger partial charge in [0.25, 0.3) is 5.91 Å². The van der Waals surface area contributed by atoms with Gasteiger partial charge >= 0.3 is 0 Å². The summed E-state index contributed by atoms with van der Waals surface area (Å²) in [7, 11) is 0. The first-order valence-corrected chi connectivity index (χ1v) is 9.69. The minimum absolute atomic E-state index is 0.248. The zero-order valence-electron chi connectivity index (χ0n) is 16.5. The Morgan fingerprint density at radius 3 is 2.83 bits per heavy atom. The van der Waals surface area contributed by atoms with Gasteiger partial charge in [-0.1, -0.05) is 30.3 Å². The summed E-state index contributed by atoms with van der Waals surface area (Å²) >= 11 is 0. The largest absolute Gasteiger partial charge is 0.491 e. The molecule has 4 rings (SSSR count). The van der Waals surface area contributed by atoms with Gasteiger partial charge in [0.05, 0.1) is 24.1 Å². The highest BCUT2D eigenvalue weighted by Gasteiger charge is 2.16. The molecular weight excluding hydrogens is 383 g/mol. The number of benzene rings is 2. The number of halogens is 1. The monoisotopic (exact) mass is 404 g/mol. The fourth-order valence-corrected chi connectivity index (χ4v) is 3.24. The molecule has 6 nitrogen and oxygen atoms in total. The maximum atomic E-state index is 14.0. The number of nitrogens with one attached hydrogen (secondary N) is 1. The predicted molar refractivity (Wildman–Crippen MR) is 112 cm³/mol. The summed E-state index contributed by atoms with van der Waals surface area (Å²) in [6.45, 7) is 2.63. The van der Waals surface area contributed by atoms with Gasteiger partial charge in [0, 0.05) is 18.1 Å². The van der Waals surface area contributed by atoms with E-state index in [-0.39, 0.29) is 5.91 Å². The molecule has 1 amide bonds. The first-order chi connectivity index (χ1) is 14.6. The minimum atomic E-state index is -0.393. The number of ether oxygens (including phenoxy) is 1. The molecule has 0 aliphatic heterocycles. The highest BCUT2D eigenvalue weighted by Crippen LogP contribution is 2.23. The summed E-state index contributed by atoms with van der Waals surface area (Å²) in [6.07, 6.45) is 3.82. The van der Waals surface area contributed by atoms with Crippen molar-refractivity contribution < 1.29 is 13.9 Å². The fraction of sp³-hybridized carbons (Fsp3) is 0.174. The topological polar surface area (TPSA) is 69.0 Å². The van der Waals surface area contributed by atoms with E-state index < -0.39 is 5.82 Å². The Kier molecular flexibility index (Phi) is 5.70. The number of hydrogen-bond donors (Lipinski definition) is 1. The zero-order valence-corrected chi connectivity index (χ0v) is 16.5. The van der Waals surface area contributed by atoms with Crippen LogP contribution in [0.4, 0.5) is 4.39 Å². The summed E-state index contributed by atoms with van der Waals surface area (Å²) in [5, 5.41) is 8.05. The lowest BCUT2D eigenvalue weighted by Gasteiger charge is -2.09. The molecule has 0 fully saturated rings. The SMILES string of the molecule is Cc1c(C(=O)NCCCOc2cccc3cccnc23)cnn1-c1ccccc1F. The fourth-order valence-electron chi connectivity index (χ4n) is 3.24. The highest BCUT2D eigenvalue weighted by atomic mass is 19.1. The van der Waals surface area contributed by atoms with Crippen LogP contribution in [0.5, 0.6) is 5.75 Å². The number of fused-ring (bicyclic) bond motifs is 1. The van der Waals surface area contributed by atoms with Gasteiger partial charge in [-0.25, -0.2) is 9.07 Å². The smallest absolute Gasteiger partial charge is 0.254 e. The Morgan fingerprint density at radius 1 is 1.13 bits per heavy atom. The number of para-hydroxylation sites is 2. The van der Waals surface area contributed by atoms with Gasteiger partial charge in [-0.3, -0.25) is 9.78 Å². The Hall–Kier alpha value is -3.74. The average molecular weight is 404 g/mol. The summed E-state index contributed by atoms with van der Waals surface area (Å²) in [4.78, 5) is 16.9. The first-order valence-electron chi connectivity index (χ1n) is 9.69. The van der Waals surface area contributed by atoms with Crippen LogP contribution >= 0.6 is 0 Å². The van der Waals surface area contributed by atoms with Crippen molar-refractivity contribution in [1.82, 2.24) is 20.1 Å². The second kappa shape index (κ2) is 8.73. The summed E-state index contributed by atoms with van der Waals surface area (Å²) < 4.78 is 21.3. The van der Waals surface area contributed by atoms with Crippen LogP contribution in [0.1, 0.15) is 22.5 Å². The maximum absolute atomic E-state index is 14.0. The van der Waals surface area contributed by atoms with E-state index in [0.29, 0.717) is 36.5 Å². The molecule has 2 aromatic heterocycles. The van der Waals surface area contributed by atoms with Gasteiger partial charge in [0.1, 0.15) is 22.8 Å². The summed E-state index contributed by atoms with van der Waals surface area (Å²) in [5.41, 5.74) is 2.12. The Balaban J connectivity index is 1.32. The molecule has 0 spiro atoms. The van der Waals surface area contributed by atoms with Gasteiger partial charge in [-0.05, 0) is 37.6 Å². The Bertz CT molecular complexity index is 1180. The number of rotatable bonds is 7. The lowest BCUT2D eigenvalue weighted by Crippen LogP contribution is -2.26. The number of hydrogen-bond acceptors (Lipinski definition) is 4. The van der Waals surface area contributed by atoms with Crippen molar-refractivity contribution in [2.45, 2.75) is 13.3 Å². The molecule has 0 unspecified atom stereocenters. The molecule has 2 heterocycles. The van der Waals surface area contributed by atoms with Gasteiger partial charge < -0.3 is 10.1 Å². The van der Waals surface area contributed by atoms with Crippen LogP contribution in [0.15, 0.2) is 67.0 Å². The van der Waals surface area contributed by atoms with Crippen molar-refractivity contribution >= 4 is 16.8 Å². The van der Waals surface area contributed by atoms with E-state index in [0.717, 1.165) is 16.7 Å². The van der Waals surface area contributed by atoms with E-state index in [9.17, 15) is 9.18 Å². The van der Waals surface area contributed by atoms with Crippen LogP contribution in [0.2, 0.25) is 0 Å². The standard InChI is InChI=1S/C23H21FN4O2/c1-16-18(15-27-28(16)20-10-3-2-9-19(20)24)23(29)26-13-6-14-30-21-11-4-7-17-8-5-12-25-22(17)21/h2-5,7-12,15H,6,13-14H2,1H3,(H,26,29). The van der Waals surface area contributed by atoms with Crippen molar-refractivity contribution in [2.24, 2.45) is 0 Å². The van der Waals surface area contributed by atoms with Crippen molar-refractivity contribution in [3.05, 3.63) is 84.1 Å². The molecule has 0 bridgehead atoms. The second-order valence-electron chi connectivity index (χ2n) is 6.80. The van der Waals surface area contributed by atoms with Crippen LogP contribution in [0.3, 0.4) is 0 Å². The number of amides is 1. The van der Waals surface area contributed by atoms with E-state index in [1.54, 1.807) is 31.3 Å². The van der Waals surface area contributed by atoms with Crippen LogP contribution in [0, 0.1) is 12.7 Å². The minimum Gasteiger partial charge on any atom is -0.491 e. The number of nitrogens with zero attached hydrogens (tertiary/aromatic N) is 3. The molecule has 4 aromatic rings. The second-order valence-corrected chi connectivity index (χ2v) is 6.80. The van der Waals surface area contributed by atoms with Gasteiger partial charge in [-0.2, -0.15) is 5.10 Å². The summed E-state index contributed by atoms with van der Waals surface area (Å²) in [5.74, 6) is 0.0825. The molecule has 30 heavy (non-hydrogen) atoms. The van der Waals surface area contributed by atoms with Crippen molar-refractivity contribution in [1.29, 1.82) is 0 Å². The first kappa shape index (κ1) is 19.6. The van der Waals surface area contributed by atoms with Gasteiger partial charge in [0.15, 0.2) is 0 Å². The Morgan fingerprint density at radius 2 is 1.97 bits per heavy atom. The zero-order chi connectivity index (χ0) is 20.9. The maximum Gasteiger partial charge on any atom is 0.254 e. The lowest BCUT2D eigenvalue weighted by atomic mass is 10.2. The number of carbonyl (C=O) groups excluding carboxylic acids is 1.